The molecule has 3 rings (SSSR count). The minimum atomic E-state index is -1.12. The van der Waals surface area contributed by atoms with E-state index in [1.54, 1.807) is 36.7 Å². The number of hydrogen-bond acceptors (Lipinski definition) is 4. The molecule has 0 aliphatic heterocycles. The number of aromatic carboxylic acids is 1. The SMILES string of the molecule is CC.O=C(O)c1nc(-c2ccncc2)oc1Cc1ccc(Cl)cc1. The quantitative estimate of drug-likeness (QED) is 0.742. The van der Waals surface area contributed by atoms with E-state index in [4.69, 9.17) is 16.0 Å². The molecule has 2 heterocycles. The lowest BCUT2D eigenvalue weighted by atomic mass is 10.1. The Balaban J connectivity index is 0.00000100. The minimum Gasteiger partial charge on any atom is -0.476 e. The van der Waals surface area contributed by atoms with E-state index in [0.29, 0.717) is 22.8 Å². The topological polar surface area (TPSA) is 76.2 Å². The van der Waals surface area contributed by atoms with E-state index in [9.17, 15) is 9.90 Å². The number of aromatic nitrogens is 2. The molecule has 0 amide bonds. The van der Waals surface area contributed by atoms with Crippen molar-refractivity contribution in [3.05, 3.63) is 70.8 Å². The highest BCUT2D eigenvalue weighted by atomic mass is 35.5. The van der Waals surface area contributed by atoms with E-state index in [-0.39, 0.29) is 11.6 Å². The number of nitrogens with zero attached hydrogens (tertiary/aromatic N) is 2. The number of pyridine rings is 1. The van der Waals surface area contributed by atoms with Gasteiger partial charge in [-0.1, -0.05) is 37.6 Å². The van der Waals surface area contributed by atoms with Gasteiger partial charge >= 0.3 is 5.97 Å². The van der Waals surface area contributed by atoms with Gasteiger partial charge in [0.2, 0.25) is 5.89 Å². The molecule has 1 N–H and O–H groups in total. The zero-order valence-electron chi connectivity index (χ0n) is 13.4. The third-order valence-corrected chi connectivity index (χ3v) is 3.36. The average Bonchev–Trinajstić information content (AvgIpc) is 3.04. The van der Waals surface area contributed by atoms with Gasteiger partial charge < -0.3 is 9.52 Å². The smallest absolute Gasteiger partial charge is 0.358 e. The predicted octanol–water partition coefficient (Wildman–Crippen LogP) is 4.71. The monoisotopic (exact) mass is 344 g/mol. The number of hydrogen-bond donors (Lipinski definition) is 1. The maximum absolute atomic E-state index is 11.4. The van der Waals surface area contributed by atoms with Gasteiger partial charge in [0.05, 0.1) is 0 Å². The molecule has 0 saturated carbocycles. The van der Waals surface area contributed by atoms with Crippen molar-refractivity contribution in [2.75, 3.05) is 0 Å². The van der Waals surface area contributed by atoms with Gasteiger partial charge in [0.15, 0.2) is 5.69 Å². The molecular formula is C18H17ClN2O3. The Labute approximate surface area is 145 Å². The van der Waals surface area contributed by atoms with E-state index in [1.165, 1.54) is 0 Å². The first-order chi connectivity index (χ1) is 11.6. The van der Waals surface area contributed by atoms with E-state index in [0.717, 1.165) is 5.56 Å². The Hall–Kier alpha value is -2.66. The summed E-state index contributed by atoms with van der Waals surface area (Å²) >= 11 is 5.84. The van der Waals surface area contributed by atoms with Crippen LogP contribution >= 0.6 is 11.6 Å². The Kier molecular flexibility index (Phi) is 6.09. The predicted molar refractivity (Wildman–Crippen MR) is 92.3 cm³/mol. The van der Waals surface area contributed by atoms with Crippen LogP contribution in [0.3, 0.4) is 0 Å². The van der Waals surface area contributed by atoms with E-state index in [2.05, 4.69) is 9.97 Å². The van der Waals surface area contributed by atoms with E-state index >= 15 is 0 Å². The Morgan fingerprint density at radius 2 is 1.75 bits per heavy atom. The number of carboxylic acids is 1. The second-order valence-electron chi connectivity index (χ2n) is 4.64. The summed E-state index contributed by atoms with van der Waals surface area (Å²) < 4.78 is 5.64. The zero-order chi connectivity index (χ0) is 17.5. The summed E-state index contributed by atoms with van der Waals surface area (Å²) in [6.07, 6.45) is 3.52. The van der Waals surface area contributed by atoms with Crippen molar-refractivity contribution < 1.29 is 14.3 Å². The molecule has 0 aliphatic rings. The van der Waals surface area contributed by atoms with Crippen LogP contribution in [-0.4, -0.2) is 21.0 Å². The fourth-order valence-corrected chi connectivity index (χ4v) is 2.17. The molecule has 0 fully saturated rings. The summed E-state index contributed by atoms with van der Waals surface area (Å²) in [5, 5.41) is 9.91. The normalized spacial score (nSPS) is 9.96. The molecule has 0 spiro atoms. The molecular weight excluding hydrogens is 328 g/mol. The maximum atomic E-state index is 11.4. The molecule has 0 atom stereocenters. The average molecular weight is 345 g/mol. The third-order valence-electron chi connectivity index (χ3n) is 3.11. The van der Waals surface area contributed by atoms with Crippen LogP contribution in [0.25, 0.3) is 11.5 Å². The zero-order valence-corrected chi connectivity index (χ0v) is 14.1. The number of halogens is 1. The van der Waals surface area contributed by atoms with Crippen LogP contribution in [0.4, 0.5) is 0 Å². The van der Waals surface area contributed by atoms with Crippen molar-refractivity contribution in [3.63, 3.8) is 0 Å². The van der Waals surface area contributed by atoms with E-state index in [1.807, 2.05) is 26.0 Å². The highest BCUT2D eigenvalue weighted by Crippen LogP contribution is 2.24. The van der Waals surface area contributed by atoms with Gasteiger partial charge in [-0.25, -0.2) is 9.78 Å². The first-order valence-electron chi connectivity index (χ1n) is 7.51. The summed E-state index contributed by atoms with van der Waals surface area (Å²) in [5.41, 5.74) is 1.49. The Morgan fingerprint density at radius 1 is 1.12 bits per heavy atom. The largest absolute Gasteiger partial charge is 0.476 e. The molecule has 3 aromatic rings. The van der Waals surface area contributed by atoms with Crippen molar-refractivity contribution in [3.8, 4) is 11.5 Å². The van der Waals surface area contributed by atoms with E-state index < -0.39 is 5.97 Å². The summed E-state index contributed by atoms with van der Waals surface area (Å²) in [5.74, 6) is -0.543. The highest BCUT2D eigenvalue weighted by Gasteiger charge is 2.20. The standard InChI is InChI=1S/C16H11ClN2O3.C2H6/c17-12-3-1-10(2-4-12)9-13-14(16(20)21)19-15(22-13)11-5-7-18-8-6-11;1-2/h1-8H,9H2,(H,20,21);1-2H3. The van der Waals surface area contributed by atoms with Crippen LogP contribution in [0.2, 0.25) is 5.02 Å². The second kappa shape index (κ2) is 8.26. The lowest BCUT2D eigenvalue weighted by Gasteiger charge is -1.99. The van der Waals surface area contributed by atoms with Crippen molar-refractivity contribution in [1.29, 1.82) is 0 Å². The van der Waals surface area contributed by atoms with Crippen molar-refractivity contribution >= 4 is 17.6 Å². The Morgan fingerprint density at radius 3 is 2.33 bits per heavy atom. The molecule has 0 bridgehead atoms. The Bertz CT molecular complexity index is 799. The summed E-state index contributed by atoms with van der Waals surface area (Å²) in [6.45, 7) is 4.00. The van der Waals surface area contributed by atoms with Gasteiger partial charge in [0, 0.05) is 29.4 Å². The first-order valence-corrected chi connectivity index (χ1v) is 7.89. The summed E-state index contributed by atoms with van der Waals surface area (Å²) in [6, 6.07) is 10.6. The minimum absolute atomic E-state index is 0.0817. The second-order valence-corrected chi connectivity index (χ2v) is 5.07. The molecule has 24 heavy (non-hydrogen) atoms. The fraction of sp³-hybridized carbons (Fsp3) is 0.167. The van der Waals surface area contributed by atoms with Crippen LogP contribution in [0, 0.1) is 0 Å². The molecule has 0 unspecified atom stereocenters. The molecule has 2 aromatic heterocycles. The summed E-state index contributed by atoms with van der Waals surface area (Å²) in [7, 11) is 0. The van der Waals surface area contributed by atoms with Crippen molar-refractivity contribution in [2.45, 2.75) is 20.3 Å². The summed E-state index contributed by atoms with van der Waals surface area (Å²) in [4.78, 5) is 19.3. The third kappa shape index (κ3) is 4.20. The first kappa shape index (κ1) is 17.7. The van der Waals surface area contributed by atoms with Crippen LogP contribution in [-0.2, 0) is 6.42 Å². The lowest BCUT2D eigenvalue weighted by molar-refractivity contribution is 0.0689. The van der Waals surface area contributed by atoms with Gasteiger partial charge in [-0.15, -0.1) is 0 Å². The molecule has 5 nitrogen and oxygen atoms in total. The number of rotatable bonds is 4. The highest BCUT2D eigenvalue weighted by molar-refractivity contribution is 6.30. The van der Waals surface area contributed by atoms with Crippen molar-refractivity contribution in [1.82, 2.24) is 9.97 Å². The lowest BCUT2D eigenvalue weighted by Crippen LogP contribution is -2.01. The van der Waals surface area contributed by atoms with Gasteiger partial charge in [-0.3, -0.25) is 4.98 Å². The number of carboxylic acid groups (broad SMARTS) is 1. The molecule has 6 heteroatoms. The molecule has 0 aliphatic carbocycles. The van der Waals surface area contributed by atoms with Crippen molar-refractivity contribution in [2.24, 2.45) is 0 Å². The van der Waals surface area contributed by atoms with Gasteiger partial charge in [0.1, 0.15) is 5.76 Å². The van der Waals surface area contributed by atoms with Crippen LogP contribution in [0.1, 0.15) is 35.7 Å². The maximum Gasteiger partial charge on any atom is 0.358 e. The van der Waals surface area contributed by atoms with Crippen LogP contribution in [0.15, 0.2) is 53.2 Å². The number of carbonyl (C=O) groups is 1. The van der Waals surface area contributed by atoms with Crippen LogP contribution < -0.4 is 0 Å². The van der Waals surface area contributed by atoms with Gasteiger partial charge in [-0.05, 0) is 29.8 Å². The molecule has 1 aromatic carbocycles. The molecule has 124 valence electrons. The molecule has 0 radical (unpaired) electrons. The van der Waals surface area contributed by atoms with Gasteiger partial charge in [0.25, 0.3) is 0 Å². The van der Waals surface area contributed by atoms with Gasteiger partial charge in [-0.2, -0.15) is 0 Å². The molecule has 0 saturated heterocycles. The number of oxazole rings is 1. The van der Waals surface area contributed by atoms with Crippen LogP contribution in [0.5, 0.6) is 0 Å². The fourth-order valence-electron chi connectivity index (χ4n) is 2.04. The number of benzene rings is 1.